The fourth-order valence-electron chi connectivity index (χ4n) is 1.71. The van der Waals surface area contributed by atoms with E-state index in [1.165, 1.54) is 16.6 Å². The summed E-state index contributed by atoms with van der Waals surface area (Å²) in [6.07, 6.45) is 1.69. The smallest absolute Gasteiger partial charge is 0.233 e. The van der Waals surface area contributed by atoms with Crippen molar-refractivity contribution in [1.82, 2.24) is 9.88 Å². The molecule has 0 aliphatic rings. The zero-order chi connectivity index (χ0) is 15.2. The molecule has 0 atom stereocenters. The maximum atomic E-state index is 12.3. The van der Waals surface area contributed by atoms with E-state index >= 15 is 0 Å². The van der Waals surface area contributed by atoms with Gasteiger partial charge < -0.3 is 10.6 Å². The Morgan fingerprint density at radius 1 is 1.43 bits per heavy atom. The van der Waals surface area contributed by atoms with E-state index in [2.05, 4.69) is 20.9 Å². The number of amides is 1. The number of carbonyl (C=O) groups excluding carboxylic acids is 1. The lowest BCUT2D eigenvalue weighted by atomic mass is 10.4. The summed E-state index contributed by atoms with van der Waals surface area (Å²) in [6.45, 7) is 3.36. The van der Waals surface area contributed by atoms with Crippen LogP contribution in [0.4, 0.5) is 5.82 Å². The Morgan fingerprint density at radius 2 is 2.24 bits per heavy atom. The van der Waals surface area contributed by atoms with Gasteiger partial charge in [0.15, 0.2) is 0 Å². The second-order valence-electron chi connectivity index (χ2n) is 4.32. The number of anilines is 1. The second-order valence-corrected chi connectivity index (χ2v) is 7.92. The summed E-state index contributed by atoms with van der Waals surface area (Å²) >= 11 is 6.58. The predicted molar refractivity (Wildman–Crippen MR) is 92.5 cm³/mol. The number of hydrogen-bond acceptors (Lipinski definition) is 5. The van der Waals surface area contributed by atoms with Gasteiger partial charge in [0, 0.05) is 22.5 Å². The lowest BCUT2D eigenvalue weighted by Crippen LogP contribution is -2.31. The molecule has 2 N–H and O–H groups in total. The number of nitrogens with zero attached hydrogens (tertiary/aromatic N) is 2. The van der Waals surface area contributed by atoms with Crippen molar-refractivity contribution in [3.8, 4) is 0 Å². The van der Waals surface area contributed by atoms with E-state index < -0.39 is 0 Å². The number of thioether (sulfide) groups is 1. The molecule has 0 radical (unpaired) electrons. The van der Waals surface area contributed by atoms with Gasteiger partial charge in [0.25, 0.3) is 0 Å². The number of aromatic nitrogens is 1. The van der Waals surface area contributed by atoms with Gasteiger partial charge in [0.2, 0.25) is 5.91 Å². The number of hydrogen-bond donors (Lipinski definition) is 1. The summed E-state index contributed by atoms with van der Waals surface area (Å²) in [5.74, 6) is 1.03. The molecule has 0 aromatic carbocycles. The third-order valence-corrected chi connectivity index (χ3v) is 5.41. The Balaban J connectivity index is 1.89. The van der Waals surface area contributed by atoms with E-state index in [-0.39, 0.29) is 5.91 Å². The van der Waals surface area contributed by atoms with Crippen molar-refractivity contribution < 1.29 is 4.79 Å². The van der Waals surface area contributed by atoms with E-state index in [1.54, 1.807) is 23.6 Å². The van der Waals surface area contributed by atoms with Gasteiger partial charge >= 0.3 is 0 Å². The van der Waals surface area contributed by atoms with Crippen LogP contribution in [0.5, 0.6) is 0 Å². The molecule has 7 heteroatoms. The first-order valence-electron chi connectivity index (χ1n) is 6.44. The fraction of sp³-hybridized carbons (Fsp3) is 0.286. The summed E-state index contributed by atoms with van der Waals surface area (Å²) in [7, 11) is 0. The minimum Gasteiger partial charge on any atom is -0.384 e. The molecule has 0 bridgehead atoms. The van der Waals surface area contributed by atoms with Crippen LogP contribution in [-0.2, 0) is 11.3 Å². The van der Waals surface area contributed by atoms with Gasteiger partial charge in [-0.2, -0.15) is 0 Å². The van der Waals surface area contributed by atoms with Crippen LogP contribution < -0.4 is 5.73 Å². The molecular weight excluding hydrogens is 370 g/mol. The maximum absolute atomic E-state index is 12.3. The number of carbonyl (C=O) groups is 1. The maximum Gasteiger partial charge on any atom is 0.233 e. The highest BCUT2D eigenvalue weighted by atomic mass is 79.9. The van der Waals surface area contributed by atoms with Crippen LogP contribution in [0.15, 0.2) is 39.1 Å². The third kappa shape index (κ3) is 5.01. The highest BCUT2D eigenvalue weighted by Gasteiger charge is 2.13. The molecule has 0 spiro atoms. The molecule has 0 fully saturated rings. The summed E-state index contributed by atoms with van der Waals surface area (Å²) in [6, 6.07) is 7.68. The molecule has 0 saturated carbocycles. The van der Waals surface area contributed by atoms with E-state index in [9.17, 15) is 4.79 Å². The van der Waals surface area contributed by atoms with Crippen molar-refractivity contribution in [1.29, 1.82) is 0 Å². The van der Waals surface area contributed by atoms with Crippen LogP contribution in [0, 0.1) is 0 Å². The second kappa shape index (κ2) is 7.82. The third-order valence-electron chi connectivity index (χ3n) is 2.83. The van der Waals surface area contributed by atoms with Crippen molar-refractivity contribution in [2.24, 2.45) is 0 Å². The van der Waals surface area contributed by atoms with Crippen LogP contribution in [-0.4, -0.2) is 28.1 Å². The normalized spacial score (nSPS) is 10.6. The van der Waals surface area contributed by atoms with Gasteiger partial charge in [-0.05, 0) is 47.1 Å². The van der Waals surface area contributed by atoms with Gasteiger partial charge in [-0.15, -0.1) is 23.1 Å². The number of nitrogen functional groups attached to an aromatic ring is 1. The number of thiophene rings is 1. The van der Waals surface area contributed by atoms with Gasteiger partial charge in [0.05, 0.1) is 16.1 Å². The number of rotatable bonds is 6. The van der Waals surface area contributed by atoms with Crippen molar-refractivity contribution in [3.05, 3.63) is 39.1 Å². The number of pyridine rings is 1. The predicted octanol–water partition coefficient (Wildman–Crippen LogP) is 3.63. The lowest BCUT2D eigenvalue weighted by Gasteiger charge is -2.19. The van der Waals surface area contributed by atoms with Crippen LogP contribution in [0.1, 0.15) is 11.8 Å². The molecule has 2 rings (SSSR count). The zero-order valence-corrected chi connectivity index (χ0v) is 14.8. The molecule has 112 valence electrons. The molecule has 0 aliphatic carbocycles. The summed E-state index contributed by atoms with van der Waals surface area (Å²) < 4.78 is 1.09. The molecule has 21 heavy (non-hydrogen) atoms. The number of nitrogens with two attached hydrogens (primary N) is 1. The monoisotopic (exact) mass is 385 g/mol. The number of halogens is 1. The van der Waals surface area contributed by atoms with E-state index in [0.717, 1.165) is 8.68 Å². The van der Waals surface area contributed by atoms with Gasteiger partial charge in [-0.25, -0.2) is 4.98 Å². The van der Waals surface area contributed by atoms with Crippen molar-refractivity contribution in [3.63, 3.8) is 0 Å². The molecule has 2 aromatic heterocycles. The zero-order valence-electron chi connectivity index (χ0n) is 11.6. The van der Waals surface area contributed by atoms with Gasteiger partial charge in [-0.1, -0.05) is 0 Å². The average Bonchev–Trinajstić information content (AvgIpc) is 2.89. The minimum atomic E-state index is 0.129. The van der Waals surface area contributed by atoms with E-state index in [1.807, 2.05) is 30.0 Å². The Morgan fingerprint density at radius 3 is 2.81 bits per heavy atom. The fourth-order valence-corrected chi connectivity index (χ4v) is 3.98. The first kappa shape index (κ1) is 16.3. The van der Waals surface area contributed by atoms with Gasteiger partial charge in [0.1, 0.15) is 5.82 Å². The average molecular weight is 386 g/mol. The summed E-state index contributed by atoms with van der Waals surface area (Å²) in [4.78, 5) is 20.3. The Kier molecular flexibility index (Phi) is 6.08. The molecule has 0 saturated heterocycles. The van der Waals surface area contributed by atoms with Crippen molar-refractivity contribution in [2.45, 2.75) is 18.4 Å². The van der Waals surface area contributed by atoms with Crippen LogP contribution >= 0.6 is 39.0 Å². The molecule has 2 heterocycles. The van der Waals surface area contributed by atoms with Gasteiger partial charge in [-0.3, -0.25) is 4.79 Å². The summed E-state index contributed by atoms with van der Waals surface area (Å²) in [5.41, 5.74) is 5.54. The Labute approximate surface area is 140 Å². The highest BCUT2D eigenvalue weighted by molar-refractivity contribution is 9.11. The van der Waals surface area contributed by atoms with Crippen molar-refractivity contribution >= 4 is 50.8 Å². The molecule has 0 unspecified atom stereocenters. The largest absolute Gasteiger partial charge is 0.384 e. The molecule has 1 amide bonds. The molecule has 0 aliphatic heterocycles. The lowest BCUT2D eigenvalue weighted by molar-refractivity contribution is -0.128. The SMILES string of the molecule is CCN(Cc1ccc(Br)s1)C(=O)CSc1ccc(N)nc1. The molecule has 2 aromatic rings. The Hall–Kier alpha value is -1.05. The minimum absolute atomic E-state index is 0.129. The van der Waals surface area contributed by atoms with Crippen molar-refractivity contribution in [2.75, 3.05) is 18.0 Å². The van der Waals surface area contributed by atoms with E-state index in [4.69, 9.17) is 5.73 Å². The molecule has 4 nitrogen and oxygen atoms in total. The highest BCUT2D eigenvalue weighted by Crippen LogP contribution is 2.24. The standard InChI is InChI=1S/C14H16BrN3OS2/c1-2-18(8-11-3-5-12(15)21-11)14(19)9-20-10-4-6-13(16)17-7-10/h3-7H,2,8-9H2,1H3,(H2,16,17). The Bertz CT molecular complexity index is 601. The summed E-state index contributed by atoms with van der Waals surface area (Å²) in [5, 5.41) is 0. The van der Waals surface area contributed by atoms with Crippen LogP contribution in [0.3, 0.4) is 0 Å². The quantitative estimate of drug-likeness (QED) is 0.771. The first-order valence-corrected chi connectivity index (χ1v) is 9.04. The van der Waals surface area contributed by atoms with E-state index in [0.29, 0.717) is 24.7 Å². The van der Waals surface area contributed by atoms with Crippen LogP contribution in [0.25, 0.3) is 0 Å². The van der Waals surface area contributed by atoms with Crippen LogP contribution in [0.2, 0.25) is 0 Å². The topological polar surface area (TPSA) is 59.2 Å². The molecular formula is C14H16BrN3OS2. The first-order chi connectivity index (χ1) is 10.1.